The molecule has 1 aromatic carbocycles. The highest BCUT2D eigenvalue weighted by Crippen LogP contribution is 2.22. The lowest BCUT2D eigenvalue weighted by Crippen LogP contribution is -2.23. The highest BCUT2D eigenvalue weighted by molar-refractivity contribution is 9.08. The Morgan fingerprint density at radius 1 is 1.26 bits per heavy atom. The van der Waals surface area contributed by atoms with Crippen LogP contribution in [0.1, 0.15) is 18.2 Å². The van der Waals surface area contributed by atoms with Crippen molar-refractivity contribution in [3.8, 4) is 0 Å². The molecule has 0 aliphatic carbocycles. The van der Waals surface area contributed by atoms with Gasteiger partial charge < -0.3 is 4.90 Å². The summed E-state index contributed by atoms with van der Waals surface area (Å²) in [7, 11) is 0. The highest BCUT2D eigenvalue weighted by atomic mass is 79.9. The van der Waals surface area contributed by atoms with Crippen molar-refractivity contribution in [1.82, 2.24) is 4.98 Å². The maximum atomic E-state index is 14.1. The molecule has 100 valence electrons. The fraction of sp³-hybridized carbons (Fsp3) is 0.267. The third kappa shape index (κ3) is 3.53. The van der Waals surface area contributed by atoms with Crippen molar-refractivity contribution in [3.63, 3.8) is 0 Å². The molecular weight excluding hydrogens is 307 g/mol. The van der Waals surface area contributed by atoms with Crippen LogP contribution in [0.3, 0.4) is 0 Å². The van der Waals surface area contributed by atoms with Crippen molar-refractivity contribution < 1.29 is 4.39 Å². The third-order valence-electron chi connectivity index (χ3n) is 2.97. The number of benzene rings is 1. The van der Waals surface area contributed by atoms with Gasteiger partial charge in [0.25, 0.3) is 0 Å². The second kappa shape index (κ2) is 6.66. The van der Waals surface area contributed by atoms with Gasteiger partial charge in [-0.2, -0.15) is 0 Å². The zero-order valence-electron chi connectivity index (χ0n) is 10.8. The van der Waals surface area contributed by atoms with E-state index in [0.717, 1.165) is 17.8 Å². The van der Waals surface area contributed by atoms with Crippen molar-refractivity contribution >= 4 is 21.6 Å². The first kappa shape index (κ1) is 14.0. The number of halogens is 2. The summed E-state index contributed by atoms with van der Waals surface area (Å²) in [5.74, 6) is -0.185. The molecule has 4 heteroatoms. The van der Waals surface area contributed by atoms with E-state index >= 15 is 0 Å². The van der Waals surface area contributed by atoms with E-state index in [0.29, 0.717) is 17.6 Å². The number of hydrogen-bond acceptors (Lipinski definition) is 2. The molecule has 0 saturated carbocycles. The minimum atomic E-state index is -0.185. The fourth-order valence-corrected chi connectivity index (χ4v) is 2.29. The average Bonchev–Trinajstić information content (AvgIpc) is 2.46. The normalized spacial score (nSPS) is 10.5. The van der Waals surface area contributed by atoms with Gasteiger partial charge in [-0.25, -0.2) is 4.39 Å². The molecule has 2 rings (SSSR count). The second-order valence-corrected chi connectivity index (χ2v) is 4.82. The molecule has 0 N–H and O–H groups in total. The predicted octanol–water partition coefficient (Wildman–Crippen LogP) is 4.14. The number of hydrogen-bond donors (Lipinski definition) is 0. The molecule has 0 atom stereocenters. The first-order valence-electron chi connectivity index (χ1n) is 6.24. The van der Waals surface area contributed by atoms with Crippen LogP contribution < -0.4 is 4.90 Å². The van der Waals surface area contributed by atoms with Crippen molar-refractivity contribution in [2.24, 2.45) is 0 Å². The fourth-order valence-electron chi connectivity index (χ4n) is 1.94. The average molecular weight is 323 g/mol. The number of alkyl halides is 1. The SMILES string of the molecule is CCN(Cc1ccccn1)c1ccc(CBr)cc1F. The van der Waals surface area contributed by atoms with E-state index in [1.165, 1.54) is 0 Å². The summed E-state index contributed by atoms with van der Waals surface area (Å²) in [4.78, 5) is 6.27. The van der Waals surface area contributed by atoms with Crippen LogP contribution in [0.15, 0.2) is 42.6 Å². The number of pyridine rings is 1. The largest absolute Gasteiger partial charge is 0.364 e. The molecule has 0 unspecified atom stereocenters. The van der Waals surface area contributed by atoms with Crippen LogP contribution in [0.4, 0.5) is 10.1 Å². The van der Waals surface area contributed by atoms with Gasteiger partial charge in [0.1, 0.15) is 5.82 Å². The van der Waals surface area contributed by atoms with Gasteiger partial charge in [0.2, 0.25) is 0 Å². The number of aromatic nitrogens is 1. The summed E-state index contributed by atoms with van der Waals surface area (Å²) in [5.41, 5.74) is 2.50. The van der Waals surface area contributed by atoms with Gasteiger partial charge in [0.05, 0.1) is 17.9 Å². The van der Waals surface area contributed by atoms with Gasteiger partial charge in [-0.05, 0) is 36.8 Å². The Balaban J connectivity index is 2.22. The highest BCUT2D eigenvalue weighted by Gasteiger charge is 2.11. The van der Waals surface area contributed by atoms with Crippen molar-refractivity contribution in [2.45, 2.75) is 18.8 Å². The van der Waals surface area contributed by atoms with E-state index in [1.807, 2.05) is 42.2 Å². The molecule has 0 amide bonds. The summed E-state index contributed by atoms with van der Waals surface area (Å²) in [5, 5.41) is 0.663. The van der Waals surface area contributed by atoms with Crippen molar-refractivity contribution in [1.29, 1.82) is 0 Å². The zero-order chi connectivity index (χ0) is 13.7. The molecular formula is C15H16BrFN2. The van der Waals surface area contributed by atoms with Crippen LogP contribution in [0.2, 0.25) is 0 Å². The molecule has 0 spiro atoms. The van der Waals surface area contributed by atoms with Crippen molar-refractivity contribution in [3.05, 3.63) is 59.7 Å². The van der Waals surface area contributed by atoms with Crippen LogP contribution >= 0.6 is 15.9 Å². The van der Waals surface area contributed by atoms with E-state index in [4.69, 9.17) is 0 Å². The molecule has 0 bridgehead atoms. The Hall–Kier alpha value is -1.42. The van der Waals surface area contributed by atoms with Gasteiger partial charge in [0, 0.05) is 18.1 Å². The maximum Gasteiger partial charge on any atom is 0.146 e. The number of anilines is 1. The predicted molar refractivity (Wildman–Crippen MR) is 80.0 cm³/mol. The molecule has 2 aromatic rings. The summed E-state index contributed by atoms with van der Waals surface area (Å²) in [6.07, 6.45) is 1.76. The molecule has 0 radical (unpaired) electrons. The van der Waals surface area contributed by atoms with Gasteiger partial charge in [-0.15, -0.1) is 0 Å². The molecule has 2 nitrogen and oxygen atoms in total. The van der Waals surface area contributed by atoms with E-state index in [9.17, 15) is 4.39 Å². The molecule has 1 aromatic heterocycles. The maximum absolute atomic E-state index is 14.1. The van der Waals surface area contributed by atoms with Gasteiger partial charge in [-0.3, -0.25) is 4.98 Å². The van der Waals surface area contributed by atoms with E-state index in [2.05, 4.69) is 20.9 Å². The Morgan fingerprint density at radius 3 is 2.68 bits per heavy atom. The second-order valence-electron chi connectivity index (χ2n) is 4.25. The van der Waals surface area contributed by atoms with E-state index < -0.39 is 0 Å². The Bertz CT molecular complexity index is 531. The first-order valence-corrected chi connectivity index (χ1v) is 7.36. The number of nitrogens with zero attached hydrogens (tertiary/aromatic N) is 2. The quantitative estimate of drug-likeness (QED) is 0.769. The lowest BCUT2D eigenvalue weighted by molar-refractivity contribution is 0.616. The van der Waals surface area contributed by atoms with Gasteiger partial charge in [-0.1, -0.05) is 28.1 Å². The molecule has 0 fully saturated rings. The van der Waals surface area contributed by atoms with Crippen LogP contribution in [0, 0.1) is 5.82 Å². The van der Waals surface area contributed by atoms with Crippen LogP contribution in [0.5, 0.6) is 0 Å². The Morgan fingerprint density at radius 2 is 2.11 bits per heavy atom. The van der Waals surface area contributed by atoms with Crippen LogP contribution in [0.25, 0.3) is 0 Å². The summed E-state index contributed by atoms with van der Waals surface area (Å²) in [6, 6.07) is 11.1. The van der Waals surface area contributed by atoms with Crippen molar-refractivity contribution in [2.75, 3.05) is 11.4 Å². The summed E-state index contributed by atoms with van der Waals surface area (Å²) < 4.78 is 14.1. The standard InChI is InChI=1S/C15H16BrFN2/c1-2-19(11-13-5-3-4-8-18-13)15-7-6-12(10-16)9-14(15)17/h3-9H,2,10-11H2,1H3. The smallest absolute Gasteiger partial charge is 0.146 e. The topological polar surface area (TPSA) is 16.1 Å². The van der Waals surface area contributed by atoms with Gasteiger partial charge in [0.15, 0.2) is 0 Å². The molecule has 0 aliphatic rings. The lowest BCUT2D eigenvalue weighted by atomic mass is 10.2. The minimum Gasteiger partial charge on any atom is -0.364 e. The molecule has 0 saturated heterocycles. The Labute approximate surface area is 121 Å². The molecule has 1 heterocycles. The van der Waals surface area contributed by atoms with E-state index in [1.54, 1.807) is 12.3 Å². The third-order valence-corrected chi connectivity index (χ3v) is 3.62. The molecule has 19 heavy (non-hydrogen) atoms. The minimum absolute atomic E-state index is 0.185. The summed E-state index contributed by atoms with van der Waals surface area (Å²) >= 11 is 3.33. The van der Waals surface area contributed by atoms with Gasteiger partial charge >= 0.3 is 0 Å². The zero-order valence-corrected chi connectivity index (χ0v) is 12.4. The lowest BCUT2D eigenvalue weighted by Gasteiger charge is -2.23. The number of rotatable bonds is 5. The van der Waals surface area contributed by atoms with Crippen LogP contribution in [-0.2, 0) is 11.9 Å². The Kier molecular flexibility index (Phi) is 4.91. The monoisotopic (exact) mass is 322 g/mol. The van der Waals surface area contributed by atoms with E-state index in [-0.39, 0.29) is 5.82 Å². The molecule has 0 aliphatic heterocycles. The first-order chi connectivity index (χ1) is 9.24. The summed E-state index contributed by atoms with van der Waals surface area (Å²) in [6.45, 7) is 3.36. The van der Waals surface area contributed by atoms with Crippen LogP contribution in [-0.4, -0.2) is 11.5 Å².